The molecule has 3 aromatic carbocycles. The Labute approximate surface area is 181 Å². The van der Waals surface area contributed by atoms with Crippen LogP contribution in [0.5, 0.6) is 5.75 Å². The fraction of sp³-hybridized carbons (Fsp3) is 0.208. The van der Waals surface area contributed by atoms with Gasteiger partial charge in [-0.25, -0.2) is 12.8 Å². The number of ether oxygens (including phenoxy) is 1. The Morgan fingerprint density at radius 2 is 1.61 bits per heavy atom. The van der Waals surface area contributed by atoms with E-state index in [4.69, 9.17) is 4.74 Å². The number of benzene rings is 3. The Hall–Kier alpha value is -3.19. The fourth-order valence-corrected chi connectivity index (χ4v) is 4.85. The molecule has 0 radical (unpaired) electrons. The van der Waals surface area contributed by atoms with Gasteiger partial charge in [0, 0.05) is 6.54 Å². The predicted molar refractivity (Wildman–Crippen MR) is 117 cm³/mol. The molecule has 0 spiro atoms. The first-order valence-corrected chi connectivity index (χ1v) is 11.5. The highest BCUT2D eigenvalue weighted by atomic mass is 32.2. The number of nitrogens with one attached hydrogen (secondary N) is 1. The lowest BCUT2D eigenvalue weighted by Crippen LogP contribution is -2.32. The van der Waals surface area contributed by atoms with Crippen LogP contribution in [0.25, 0.3) is 0 Å². The summed E-state index contributed by atoms with van der Waals surface area (Å²) in [5.41, 5.74) is 1.34. The number of amides is 1. The lowest BCUT2D eigenvalue weighted by Gasteiger charge is -2.19. The molecule has 1 unspecified atom stereocenters. The van der Waals surface area contributed by atoms with Gasteiger partial charge in [0.2, 0.25) is 5.91 Å². The molecule has 3 rings (SSSR count). The topological polar surface area (TPSA) is 72.5 Å². The molecule has 0 aliphatic heterocycles. The van der Waals surface area contributed by atoms with E-state index in [1.165, 1.54) is 12.1 Å². The van der Waals surface area contributed by atoms with Crippen molar-refractivity contribution >= 4 is 15.7 Å². The summed E-state index contributed by atoms with van der Waals surface area (Å²) in [5, 5.41) is 1.74. The third-order valence-corrected chi connectivity index (χ3v) is 6.89. The second-order valence-electron chi connectivity index (χ2n) is 6.96. The van der Waals surface area contributed by atoms with Gasteiger partial charge in [0.25, 0.3) is 0 Å². The van der Waals surface area contributed by atoms with Crippen LogP contribution in [0.15, 0.2) is 83.8 Å². The Bertz CT molecular complexity index is 1100. The van der Waals surface area contributed by atoms with Crippen molar-refractivity contribution in [2.45, 2.75) is 23.5 Å². The Kier molecular flexibility index (Phi) is 7.41. The number of carbonyl (C=O) groups is 1. The van der Waals surface area contributed by atoms with Gasteiger partial charge in [-0.1, -0.05) is 42.5 Å². The van der Waals surface area contributed by atoms with Crippen molar-refractivity contribution in [2.75, 3.05) is 13.2 Å². The summed E-state index contributed by atoms with van der Waals surface area (Å²) in [6.45, 7) is 2.35. The van der Waals surface area contributed by atoms with Crippen LogP contribution < -0.4 is 10.1 Å². The van der Waals surface area contributed by atoms with Crippen molar-refractivity contribution in [3.63, 3.8) is 0 Å². The summed E-state index contributed by atoms with van der Waals surface area (Å²) >= 11 is 0. The van der Waals surface area contributed by atoms with Gasteiger partial charge in [-0.3, -0.25) is 4.79 Å². The maximum atomic E-state index is 13.3. The van der Waals surface area contributed by atoms with Gasteiger partial charge < -0.3 is 10.1 Å². The van der Waals surface area contributed by atoms with Crippen LogP contribution in [0.4, 0.5) is 4.39 Å². The molecule has 31 heavy (non-hydrogen) atoms. The Balaban J connectivity index is 1.75. The largest absolute Gasteiger partial charge is 0.494 e. The van der Waals surface area contributed by atoms with Gasteiger partial charge in [0.05, 0.1) is 17.9 Å². The molecule has 1 N–H and O–H groups in total. The third kappa shape index (κ3) is 5.92. The first-order chi connectivity index (χ1) is 14.9. The van der Waals surface area contributed by atoms with E-state index < -0.39 is 20.9 Å². The summed E-state index contributed by atoms with van der Waals surface area (Å²) in [7, 11) is -3.85. The van der Waals surface area contributed by atoms with Crippen molar-refractivity contribution in [2.24, 2.45) is 0 Å². The zero-order valence-corrected chi connectivity index (χ0v) is 17.9. The van der Waals surface area contributed by atoms with Gasteiger partial charge in [-0.15, -0.1) is 0 Å². The molecular formula is C24H24FNO4S. The predicted octanol–water partition coefficient (Wildman–Crippen LogP) is 4.10. The van der Waals surface area contributed by atoms with E-state index in [1.54, 1.807) is 54.6 Å². The van der Waals surface area contributed by atoms with E-state index in [0.29, 0.717) is 12.2 Å². The molecule has 0 fully saturated rings. The summed E-state index contributed by atoms with van der Waals surface area (Å²) in [5.74, 6) is -0.0838. The van der Waals surface area contributed by atoms with Crippen LogP contribution in [-0.2, 0) is 21.1 Å². The summed E-state index contributed by atoms with van der Waals surface area (Å²) in [6, 6.07) is 20.5. The van der Waals surface area contributed by atoms with Crippen molar-refractivity contribution < 1.29 is 22.3 Å². The quantitative estimate of drug-likeness (QED) is 0.508. The van der Waals surface area contributed by atoms with Crippen molar-refractivity contribution in [3.8, 4) is 5.75 Å². The van der Waals surface area contributed by atoms with E-state index >= 15 is 0 Å². The second-order valence-corrected chi connectivity index (χ2v) is 9.09. The monoisotopic (exact) mass is 441 g/mol. The molecule has 0 heterocycles. The average molecular weight is 442 g/mol. The molecular weight excluding hydrogens is 417 g/mol. The highest BCUT2D eigenvalue weighted by Gasteiger charge is 2.29. The van der Waals surface area contributed by atoms with Crippen LogP contribution in [0.3, 0.4) is 0 Å². The first kappa shape index (κ1) is 22.5. The van der Waals surface area contributed by atoms with Gasteiger partial charge in [-0.05, 0) is 54.4 Å². The van der Waals surface area contributed by atoms with Crippen molar-refractivity contribution in [1.29, 1.82) is 0 Å². The molecule has 0 aliphatic carbocycles. The standard InChI is InChI=1S/C24H24FNO4S/c1-2-30-21-12-8-18(9-13-21)16-24(27)26-17-23(19-6-4-3-5-7-19)31(28,29)22-14-10-20(25)11-15-22/h3-15,23H,2,16-17H2,1H3,(H,26,27). The van der Waals surface area contributed by atoms with Crippen LogP contribution in [0.1, 0.15) is 23.3 Å². The molecule has 5 nitrogen and oxygen atoms in total. The van der Waals surface area contributed by atoms with Crippen molar-refractivity contribution in [1.82, 2.24) is 5.32 Å². The number of hydrogen-bond acceptors (Lipinski definition) is 4. The number of rotatable bonds is 9. The number of hydrogen-bond donors (Lipinski definition) is 1. The lowest BCUT2D eigenvalue weighted by atomic mass is 10.1. The average Bonchev–Trinajstić information content (AvgIpc) is 2.76. The second kappa shape index (κ2) is 10.2. The SMILES string of the molecule is CCOc1ccc(CC(=O)NCC(c2ccccc2)S(=O)(=O)c2ccc(F)cc2)cc1. The minimum absolute atomic E-state index is 0.00325. The molecule has 162 valence electrons. The van der Waals surface area contributed by atoms with E-state index in [2.05, 4.69) is 5.32 Å². The van der Waals surface area contributed by atoms with Crippen LogP contribution in [0.2, 0.25) is 0 Å². The minimum Gasteiger partial charge on any atom is -0.494 e. The third-order valence-electron chi connectivity index (χ3n) is 4.77. The lowest BCUT2D eigenvalue weighted by molar-refractivity contribution is -0.120. The van der Waals surface area contributed by atoms with E-state index in [-0.39, 0.29) is 23.8 Å². The highest BCUT2D eigenvalue weighted by Crippen LogP contribution is 2.28. The molecule has 1 amide bonds. The van der Waals surface area contributed by atoms with Gasteiger partial charge in [-0.2, -0.15) is 0 Å². The minimum atomic E-state index is -3.85. The smallest absolute Gasteiger partial charge is 0.224 e. The maximum Gasteiger partial charge on any atom is 0.224 e. The molecule has 0 aromatic heterocycles. The first-order valence-electron chi connectivity index (χ1n) is 9.93. The van der Waals surface area contributed by atoms with Gasteiger partial charge in [0.1, 0.15) is 16.8 Å². The number of halogens is 1. The zero-order valence-electron chi connectivity index (χ0n) is 17.1. The molecule has 0 saturated carbocycles. The van der Waals surface area contributed by atoms with Gasteiger partial charge in [0.15, 0.2) is 9.84 Å². The van der Waals surface area contributed by atoms with E-state index in [0.717, 1.165) is 23.4 Å². The summed E-state index contributed by atoms with van der Waals surface area (Å²) < 4.78 is 45.1. The Morgan fingerprint density at radius 1 is 0.968 bits per heavy atom. The van der Waals surface area contributed by atoms with Gasteiger partial charge >= 0.3 is 0 Å². The van der Waals surface area contributed by atoms with E-state index in [1.807, 2.05) is 6.92 Å². The highest BCUT2D eigenvalue weighted by molar-refractivity contribution is 7.91. The van der Waals surface area contributed by atoms with Crippen molar-refractivity contribution in [3.05, 3.63) is 95.8 Å². The van der Waals surface area contributed by atoms with E-state index in [9.17, 15) is 17.6 Å². The molecule has 0 bridgehead atoms. The molecule has 0 saturated heterocycles. The summed E-state index contributed by atoms with van der Waals surface area (Å²) in [4.78, 5) is 12.5. The molecule has 0 aliphatic rings. The maximum absolute atomic E-state index is 13.3. The fourth-order valence-electron chi connectivity index (χ4n) is 3.19. The zero-order chi connectivity index (χ0) is 22.3. The Morgan fingerprint density at radius 3 is 2.23 bits per heavy atom. The number of sulfone groups is 1. The molecule has 1 atom stereocenters. The molecule has 7 heteroatoms. The van der Waals surface area contributed by atoms with Crippen LogP contribution >= 0.6 is 0 Å². The molecule has 3 aromatic rings. The number of carbonyl (C=O) groups excluding carboxylic acids is 1. The normalized spacial score (nSPS) is 12.2. The summed E-state index contributed by atoms with van der Waals surface area (Å²) in [6.07, 6.45) is 0.116. The van der Waals surface area contributed by atoms with Crippen LogP contribution in [-0.4, -0.2) is 27.5 Å². The van der Waals surface area contributed by atoms with Crippen LogP contribution in [0, 0.1) is 5.82 Å².